The molecule has 0 spiro atoms. The number of carbonyl (C=O) groups is 2. The maximum Gasteiger partial charge on any atom is 0.289 e. The lowest BCUT2D eigenvalue weighted by molar-refractivity contribution is -0.126. The fraction of sp³-hybridized carbons (Fsp3) is 0.333. The van der Waals surface area contributed by atoms with Crippen LogP contribution in [0.3, 0.4) is 0 Å². The predicted molar refractivity (Wildman–Crippen MR) is 104 cm³/mol. The number of nitrogens with zero attached hydrogens (tertiary/aromatic N) is 1. The molecule has 3 rings (SSSR count). The molecule has 1 heterocycles. The molecule has 2 aromatic rings. The van der Waals surface area contributed by atoms with Crippen molar-refractivity contribution in [1.82, 2.24) is 4.90 Å². The molecular formula is C21H23NO3S. The standard InChI is InChI=1S/C21H23NO3S/c1-2-3-13-22-20(23)19(26-21(22)24)14-16-9-11-18(12-10-16)25-15-17-7-5-4-6-8-17/h4-12,19H,2-3,13-15H2,1H3/t19-/m0/s1. The van der Waals surface area contributed by atoms with Crippen LogP contribution in [0.15, 0.2) is 54.6 Å². The third-order valence-corrected chi connectivity index (χ3v) is 5.41. The zero-order chi connectivity index (χ0) is 18.4. The van der Waals surface area contributed by atoms with Crippen molar-refractivity contribution in [3.05, 3.63) is 65.7 Å². The van der Waals surface area contributed by atoms with Crippen molar-refractivity contribution in [3.8, 4) is 5.75 Å². The Labute approximate surface area is 158 Å². The van der Waals surface area contributed by atoms with E-state index in [1.807, 2.05) is 54.6 Å². The fourth-order valence-electron chi connectivity index (χ4n) is 2.82. The summed E-state index contributed by atoms with van der Waals surface area (Å²) in [6, 6.07) is 17.8. The third-order valence-electron chi connectivity index (χ3n) is 4.33. The van der Waals surface area contributed by atoms with E-state index in [1.165, 1.54) is 4.90 Å². The summed E-state index contributed by atoms with van der Waals surface area (Å²) in [7, 11) is 0. The Hall–Kier alpha value is -2.27. The van der Waals surface area contributed by atoms with Crippen molar-refractivity contribution < 1.29 is 14.3 Å². The minimum atomic E-state index is -0.310. The average Bonchev–Trinajstić information content (AvgIpc) is 2.93. The number of hydrogen-bond donors (Lipinski definition) is 0. The molecular weight excluding hydrogens is 346 g/mol. The second-order valence-electron chi connectivity index (χ2n) is 6.34. The molecule has 2 amide bonds. The molecule has 0 bridgehead atoms. The molecule has 1 aliphatic rings. The molecule has 1 atom stereocenters. The van der Waals surface area contributed by atoms with Gasteiger partial charge in [0.25, 0.3) is 5.24 Å². The Morgan fingerprint density at radius 1 is 1.00 bits per heavy atom. The van der Waals surface area contributed by atoms with Gasteiger partial charge in [-0.2, -0.15) is 0 Å². The minimum absolute atomic E-state index is 0.0575. The van der Waals surface area contributed by atoms with Gasteiger partial charge >= 0.3 is 0 Å². The van der Waals surface area contributed by atoms with E-state index in [0.717, 1.165) is 41.5 Å². The van der Waals surface area contributed by atoms with Crippen molar-refractivity contribution in [2.24, 2.45) is 0 Å². The van der Waals surface area contributed by atoms with E-state index in [2.05, 4.69) is 6.92 Å². The van der Waals surface area contributed by atoms with Crippen molar-refractivity contribution in [3.63, 3.8) is 0 Å². The highest BCUT2D eigenvalue weighted by atomic mass is 32.2. The van der Waals surface area contributed by atoms with Crippen LogP contribution in [0, 0.1) is 0 Å². The first kappa shape index (κ1) is 18.5. The van der Waals surface area contributed by atoms with E-state index in [-0.39, 0.29) is 16.4 Å². The third kappa shape index (κ3) is 4.67. The molecule has 26 heavy (non-hydrogen) atoms. The summed E-state index contributed by atoms with van der Waals surface area (Å²) in [6.07, 6.45) is 2.39. The molecule has 0 saturated carbocycles. The molecule has 0 aliphatic carbocycles. The van der Waals surface area contributed by atoms with Gasteiger partial charge in [-0.3, -0.25) is 14.5 Å². The summed E-state index contributed by atoms with van der Waals surface area (Å²) in [6.45, 7) is 3.11. The van der Waals surface area contributed by atoms with Crippen molar-refractivity contribution in [1.29, 1.82) is 0 Å². The second kappa shape index (κ2) is 8.90. The highest BCUT2D eigenvalue weighted by Crippen LogP contribution is 2.30. The first-order chi connectivity index (χ1) is 12.7. The molecule has 1 saturated heterocycles. The lowest BCUT2D eigenvalue weighted by Gasteiger charge is -2.13. The SMILES string of the molecule is CCCCN1C(=O)S[C@@H](Cc2ccc(OCc3ccccc3)cc2)C1=O. The van der Waals surface area contributed by atoms with Crippen LogP contribution >= 0.6 is 11.8 Å². The Balaban J connectivity index is 1.54. The molecule has 0 unspecified atom stereocenters. The van der Waals surface area contributed by atoms with Gasteiger partial charge in [0.1, 0.15) is 12.4 Å². The maximum atomic E-state index is 12.4. The highest BCUT2D eigenvalue weighted by Gasteiger charge is 2.38. The second-order valence-corrected chi connectivity index (χ2v) is 7.49. The lowest BCUT2D eigenvalue weighted by Crippen LogP contribution is -2.33. The van der Waals surface area contributed by atoms with E-state index in [1.54, 1.807) is 0 Å². The van der Waals surface area contributed by atoms with Gasteiger partial charge in [-0.1, -0.05) is 67.6 Å². The Morgan fingerprint density at radius 2 is 1.73 bits per heavy atom. The van der Waals surface area contributed by atoms with Gasteiger partial charge in [0, 0.05) is 6.54 Å². The van der Waals surface area contributed by atoms with Crippen LogP contribution in [-0.4, -0.2) is 27.8 Å². The smallest absolute Gasteiger partial charge is 0.289 e. The number of imide groups is 1. The normalized spacial score (nSPS) is 17.0. The van der Waals surface area contributed by atoms with Gasteiger partial charge in [-0.05, 0) is 36.1 Å². The van der Waals surface area contributed by atoms with Crippen LogP contribution in [0.1, 0.15) is 30.9 Å². The van der Waals surface area contributed by atoms with Gasteiger partial charge in [-0.15, -0.1) is 0 Å². The van der Waals surface area contributed by atoms with Crippen LogP contribution < -0.4 is 4.74 Å². The summed E-state index contributed by atoms with van der Waals surface area (Å²) in [4.78, 5) is 25.8. The zero-order valence-electron chi connectivity index (χ0n) is 14.9. The fourth-order valence-corrected chi connectivity index (χ4v) is 3.88. The maximum absolute atomic E-state index is 12.4. The lowest BCUT2D eigenvalue weighted by atomic mass is 10.1. The topological polar surface area (TPSA) is 46.6 Å². The molecule has 0 N–H and O–H groups in total. The van der Waals surface area contributed by atoms with E-state index in [0.29, 0.717) is 19.6 Å². The molecule has 136 valence electrons. The van der Waals surface area contributed by atoms with Crippen molar-refractivity contribution in [2.75, 3.05) is 6.54 Å². The van der Waals surface area contributed by atoms with Gasteiger partial charge in [0.2, 0.25) is 5.91 Å². The van der Waals surface area contributed by atoms with Gasteiger partial charge in [-0.25, -0.2) is 0 Å². The number of carbonyl (C=O) groups excluding carboxylic acids is 2. The summed E-state index contributed by atoms with van der Waals surface area (Å²) in [5, 5.41) is -0.424. The quantitative estimate of drug-likeness (QED) is 0.678. The number of amides is 2. The van der Waals surface area contributed by atoms with E-state index in [4.69, 9.17) is 4.74 Å². The van der Waals surface area contributed by atoms with E-state index >= 15 is 0 Å². The van der Waals surface area contributed by atoms with E-state index < -0.39 is 0 Å². The molecule has 0 aromatic heterocycles. The van der Waals surface area contributed by atoms with Crippen LogP contribution in [0.2, 0.25) is 0 Å². The number of hydrogen-bond acceptors (Lipinski definition) is 4. The molecule has 4 nitrogen and oxygen atoms in total. The first-order valence-corrected chi connectivity index (χ1v) is 9.83. The number of rotatable bonds is 8. The van der Waals surface area contributed by atoms with Gasteiger partial charge in [0.15, 0.2) is 0 Å². The number of thioether (sulfide) groups is 1. The minimum Gasteiger partial charge on any atom is -0.489 e. The molecule has 0 radical (unpaired) electrons. The molecule has 2 aromatic carbocycles. The Kier molecular flexibility index (Phi) is 6.34. The average molecular weight is 369 g/mol. The van der Waals surface area contributed by atoms with Crippen LogP contribution in [0.5, 0.6) is 5.75 Å². The largest absolute Gasteiger partial charge is 0.489 e. The Bertz CT molecular complexity index is 746. The van der Waals surface area contributed by atoms with Crippen LogP contribution in [0.4, 0.5) is 4.79 Å². The summed E-state index contributed by atoms with van der Waals surface area (Å²) in [5.74, 6) is 0.738. The number of benzene rings is 2. The van der Waals surface area contributed by atoms with Gasteiger partial charge < -0.3 is 4.74 Å². The number of unbranched alkanes of at least 4 members (excludes halogenated alkanes) is 1. The molecule has 1 aliphatic heterocycles. The first-order valence-electron chi connectivity index (χ1n) is 8.95. The van der Waals surface area contributed by atoms with Crippen LogP contribution in [0.25, 0.3) is 0 Å². The monoisotopic (exact) mass is 369 g/mol. The Morgan fingerprint density at radius 3 is 2.42 bits per heavy atom. The summed E-state index contributed by atoms with van der Waals surface area (Å²) < 4.78 is 5.78. The predicted octanol–water partition coefficient (Wildman–Crippen LogP) is 4.67. The van der Waals surface area contributed by atoms with Crippen molar-refractivity contribution in [2.45, 2.75) is 38.0 Å². The highest BCUT2D eigenvalue weighted by molar-refractivity contribution is 8.15. The molecule has 1 fully saturated rings. The summed E-state index contributed by atoms with van der Waals surface area (Å²) in [5.41, 5.74) is 2.16. The van der Waals surface area contributed by atoms with Gasteiger partial charge in [0.05, 0.1) is 5.25 Å². The van der Waals surface area contributed by atoms with E-state index in [9.17, 15) is 9.59 Å². The summed E-state index contributed by atoms with van der Waals surface area (Å²) >= 11 is 1.14. The van der Waals surface area contributed by atoms with Crippen LogP contribution in [-0.2, 0) is 17.8 Å². The van der Waals surface area contributed by atoms with Crippen molar-refractivity contribution >= 4 is 22.9 Å². The molecule has 5 heteroatoms. The zero-order valence-corrected chi connectivity index (χ0v) is 15.7. The number of ether oxygens (including phenoxy) is 1.